The molecule has 0 aliphatic carbocycles. The van der Waals surface area contributed by atoms with Crippen LogP contribution < -0.4 is 10.6 Å². The number of anilines is 1. The molecule has 0 aliphatic rings. The van der Waals surface area contributed by atoms with E-state index in [4.69, 9.17) is 5.73 Å². The molecule has 2 aromatic rings. The average Bonchev–Trinajstić information content (AvgIpc) is 2.56. The maximum absolute atomic E-state index is 12.3. The number of nitrogens with zero attached hydrogens (tertiary/aromatic N) is 1. The Balaban J connectivity index is 2.42. The van der Waals surface area contributed by atoms with Crippen LogP contribution >= 0.6 is 0 Å². The second-order valence-corrected chi connectivity index (χ2v) is 5.31. The normalized spacial score (nSPS) is 13.2. The SMILES string of the molecule is C[C@]([C]=O)(Cc1ccccc1)N(C(=O)CN)c1ccccc1. The quantitative estimate of drug-likeness (QED) is 0.887. The maximum atomic E-state index is 12.3. The van der Waals surface area contributed by atoms with Crippen molar-refractivity contribution in [2.24, 2.45) is 5.73 Å². The Hall–Kier alpha value is -2.46. The van der Waals surface area contributed by atoms with Crippen molar-refractivity contribution in [3.63, 3.8) is 0 Å². The Morgan fingerprint density at radius 3 is 2.14 bits per heavy atom. The van der Waals surface area contributed by atoms with Crippen molar-refractivity contribution in [1.29, 1.82) is 0 Å². The first kappa shape index (κ1) is 15.9. The van der Waals surface area contributed by atoms with E-state index in [1.807, 2.05) is 54.8 Å². The Kier molecular flexibility index (Phi) is 5.07. The highest BCUT2D eigenvalue weighted by atomic mass is 16.2. The number of nitrogens with two attached hydrogens (primary N) is 1. The van der Waals surface area contributed by atoms with Crippen LogP contribution in [0.25, 0.3) is 0 Å². The molecule has 0 unspecified atom stereocenters. The molecular weight excluding hydrogens is 276 g/mol. The molecule has 1 radical (unpaired) electrons. The summed E-state index contributed by atoms with van der Waals surface area (Å²) in [5, 5.41) is 0. The van der Waals surface area contributed by atoms with Gasteiger partial charge in [-0.15, -0.1) is 0 Å². The van der Waals surface area contributed by atoms with Crippen LogP contribution in [0.1, 0.15) is 12.5 Å². The van der Waals surface area contributed by atoms with Gasteiger partial charge in [0.1, 0.15) is 5.54 Å². The van der Waals surface area contributed by atoms with Gasteiger partial charge in [0.2, 0.25) is 12.2 Å². The summed E-state index contributed by atoms with van der Waals surface area (Å²) in [5.41, 5.74) is 6.02. The van der Waals surface area contributed by atoms with Crippen molar-refractivity contribution in [3.05, 3.63) is 66.2 Å². The van der Waals surface area contributed by atoms with Crippen LogP contribution in [-0.4, -0.2) is 24.3 Å². The van der Waals surface area contributed by atoms with Crippen LogP contribution in [0.3, 0.4) is 0 Å². The molecule has 2 N–H and O–H groups in total. The third-order valence-electron chi connectivity index (χ3n) is 3.54. The van der Waals surface area contributed by atoms with Crippen LogP contribution in [0.2, 0.25) is 0 Å². The van der Waals surface area contributed by atoms with Crippen molar-refractivity contribution < 1.29 is 9.59 Å². The minimum Gasteiger partial charge on any atom is -0.322 e. The largest absolute Gasteiger partial charge is 0.322 e. The number of benzene rings is 2. The van der Waals surface area contributed by atoms with E-state index in [2.05, 4.69) is 0 Å². The molecule has 0 saturated heterocycles. The summed E-state index contributed by atoms with van der Waals surface area (Å²) in [6.07, 6.45) is 2.41. The molecule has 0 heterocycles. The van der Waals surface area contributed by atoms with Gasteiger partial charge in [0.05, 0.1) is 6.54 Å². The standard InChI is InChI=1S/C18H19N2O2/c1-18(14-21,12-15-8-4-2-5-9-15)20(17(22)13-19)16-10-6-3-7-11-16/h2-11H,12-13,19H2,1H3/t18-/m1/s1. The van der Waals surface area contributed by atoms with E-state index < -0.39 is 5.54 Å². The Labute approximate surface area is 130 Å². The average molecular weight is 295 g/mol. The van der Waals surface area contributed by atoms with Crippen molar-refractivity contribution in [2.45, 2.75) is 18.9 Å². The first-order valence-electron chi connectivity index (χ1n) is 7.12. The summed E-state index contributed by atoms with van der Waals surface area (Å²) in [7, 11) is 0. The topological polar surface area (TPSA) is 63.4 Å². The third-order valence-corrected chi connectivity index (χ3v) is 3.54. The fourth-order valence-electron chi connectivity index (χ4n) is 2.53. The lowest BCUT2D eigenvalue weighted by Gasteiger charge is -2.36. The van der Waals surface area contributed by atoms with Crippen LogP contribution in [0.4, 0.5) is 5.69 Å². The van der Waals surface area contributed by atoms with E-state index in [9.17, 15) is 9.59 Å². The van der Waals surface area contributed by atoms with Crippen LogP contribution in [-0.2, 0) is 16.0 Å². The second kappa shape index (κ2) is 7.00. The molecule has 113 valence electrons. The molecule has 2 aromatic carbocycles. The van der Waals surface area contributed by atoms with Crippen molar-refractivity contribution in [2.75, 3.05) is 11.4 Å². The van der Waals surface area contributed by atoms with E-state index in [-0.39, 0.29) is 12.5 Å². The lowest BCUT2D eigenvalue weighted by Crippen LogP contribution is -2.54. The number of carbonyl (C=O) groups is 1. The summed E-state index contributed by atoms with van der Waals surface area (Å²) in [6, 6.07) is 18.6. The molecule has 1 amide bonds. The van der Waals surface area contributed by atoms with Crippen molar-refractivity contribution in [1.82, 2.24) is 0 Å². The minimum absolute atomic E-state index is 0.166. The van der Waals surface area contributed by atoms with E-state index in [1.165, 1.54) is 4.90 Å². The van der Waals surface area contributed by atoms with E-state index >= 15 is 0 Å². The van der Waals surface area contributed by atoms with Gasteiger partial charge in [0.25, 0.3) is 0 Å². The minimum atomic E-state index is -1.11. The molecule has 0 spiro atoms. The molecule has 0 bridgehead atoms. The molecule has 22 heavy (non-hydrogen) atoms. The van der Waals surface area contributed by atoms with Gasteiger partial charge in [-0.1, -0.05) is 48.5 Å². The number of rotatable bonds is 6. The van der Waals surface area contributed by atoms with Gasteiger partial charge in [0.15, 0.2) is 0 Å². The molecule has 2 rings (SSSR count). The van der Waals surface area contributed by atoms with E-state index in [1.54, 1.807) is 19.1 Å². The highest BCUT2D eigenvalue weighted by Crippen LogP contribution is 2.26. The number of carbonyl (C=O) groups excluding carboxylic acids is 2. The van der Waals surface area contributed by atoms with Gasteiger partial charge in [-0.3, -0.25) is 14.5 Å². The van der Waals surface area contributed by atoms with Gasteiger partial charge in [0, 0.05) is 12.1 Å². The lowest BCUT2D eigenvalue weighted by atomic mass is 9.91. The van der Waals surface area contributed by atoms with Crippen LogP contribution in [0.15, 0.2) is 60.7 Å². The summed E-state index contributed by atoms with van der Waals surface area (Å²) in [4.78, 5) is 25.5. The zero-order valence-corrected chi connectivity index (χ0v) is 12.5. The summed E-state index contributed by atoms with van der Waals surface area (Å²) < 4.78 is 0. The molecule has 4 heteroatoms. The smallest absolute Gasteiger partial charge is 0.241 e. The number of hydrogen-bond donors (Lipinski definition) is 1. The highest BCUT2D eigenvalue weighted by Gasteiger charge is 2.37. The third kappa shape index (κ3) is 3.40. The molecule has 0 saturated carbocycles. The second-order valence-electron chi connectivity index (χ2n) is 5.31. The fourth-order valence-corrected chi connectivity index (χ4v) is 2.53. The number of amides is 1. The predicted octanol–water partition coefficient (Wildman–Crippen LogP) is 2.09. The van der Waals surface area contributed by atoms with E-state index in [0.717, 1.165) is 5.56 Å². The lowest BCUT2D eigenvalue weighted by molar-refractivity contribution is -0.118. The zero-order valence-electron chi connectivity index (χ0n) is 12.5. The van der Waals surface area contributed by atoms with Gasteiger partial charge >= 0.3 is 0 Å². The number of para-hydroxylation sites is 1. The first-order chi connectivity index (χ1) is 10.6. The maximum Gasteiger partial charge on any atom is 0.241 e. The number of hydrogen-bond acceptors (Lipinski definition) is 3. The predicted molar refractivity (Wildman–Crippen MR) is 87.2 cm³/mol. The van der Waals surface area contributed by atoms with Gasteiger partial charge in [-0.05, 0) is 24.6 Å². The summed E-state index contributed by atoms with van der Waals surface area (Å²) in [5.74, 6) is -0.312. The highest BCUT2D eigenvalue weighted by molar-refractivity contribution is 6.00. The Morgan fingerprint density at radius 1 is 1.09 bits per heavy atom. The Morgan fingerprint density at radius 2 is 1.64 bits per heavy atom. The molecule has 0 aromatic heterocycles. The van der Waals surface area contributed by atoms with Gasteiger partial charge in [-0.25, -0.2) is 0 Å². The van der Waals surface area contributed by atoms with Crippen molar-refractivity contribution in [3.8, 4) is 0 Å². The van der Waals surface area contributed by atoms with Gasteiger partial charge in [-0.2, -0.15) is 0 Å². The monoisotopic (exact) mass is 295 g/mol. The summed E-state index contributed by atoms with van der Waals surface area (Å²) >= 11 is 0. The molecule has 0 fully saturated rings. The zero-order chi connectivity index (χ0) is 16.0. The molecule has 1 atom stereocenters. The molecular formula is C18H19N2O2. The van der Waals surface area contributed by atoms with E-state index in [0.29, 0.717) is 12.1 Å². The van der Waals surface area contributed by atoms with Crippen LogP contribution in [0, 0.1) is 0 Å². The first-order valence-corrected chi connectivity index (χ1v) is 7.12. The molecule has 0 aliphatic heterocycles. The fraction of sp³-hybridized carbons (Fsp3) is 0.222. The van der Waals surface area contributed by atoms with Crippen LogP contribution in [0.5, 0.6) is 0 Å². The summed E-state index contributed by atoms with van der Waals surface area (Å²) in [6.45, 7) is 1.54. The van der Waals surface area contributed by atoms with Gasteiger partial charge < -0.3 is 5.73 Å². The Bertz CT molecular complexity index is 628. The molecule has 4 nitrogen and oxygen atoms in total. The van der Waals surface area contributed by atoms with Crippen molar-refractivity contribution >= 4 is 17.9 Å².